The highest BCUT2D eigenvalue weighted by Crippen LogP contribution is 1.85. The standard InChI is InChI=1S/C5H14N4O.C4H11NO.C2H7N3S.ClH.HI/c1-2-3-4-10-9-5(6)8-7;1-2-3-4-6-5;1-6-2(3)5-4;;/h2-4,7H2,1H3,(H3,6,8,9);2-5H2,1H3;4H2,1H3,(H2,3,5);2*1H. The van der Waals surface area contributed by atoms with E-state index in [1.54, 1.807) is 0 Å². The van der Waals surface area contributed by atoms with Crippen LogP contribution in [0.2, 0.25) is 0 Å². The van der Waals surface area contributed by atoms with Crippen LogP contribution in [0.4, 0.5) is 0 Å². The summed E-state index contributed by atoms with van der Waals surface area (Å²) in [5.41, 5.74) is 12.6. The van der Waals surface area contributed by atoms with Crippen molar-refractivity contribution in [3.63, 3.8) is 0 Å². The van der Waals surface area contributed by atoms with Gasteiger partial charge in [0.1, 0.15) is 0 Å². The van der Waals surface area contributed by atoms with Gasteiger partial charge in [-0.2, -0.15) is 5.10 Å². The van der Waals surface area contributed by atoms with Crippen LogP contribution in [-0.2, 0) is 9.68 Å². The van der Waals surface area contributed by atoms with Crippen LogP contribution in [0.15, 0.2) is 10.2 Å². The Kier molecular flexibility index (Phi) is 49.4. The number of thioether (sulfide) groups is 1. The third kappa shape index (κ3) is 43.0. The Bertz CT molecular complexity index is 274. The van der Waals surface area contributed by atoms with Crippen LogP contribution in [0.25, 0.3) is 0 Å². The predicted molar refractivity (Wildman–Crippen MR) is 117 cm³/mol. The fraction of sp³-hybridized carbons (Fsp3) is 0.818. The average molecular weight is 505 g/mol. The van der Waals surface area contributed by atoms with E-state index in [1.807, 2.05) is 6.26 Å². The molecule has 0 aromatic heterocycles. The molecule has 150 valence electrons. The van der Waals surface area contributed by atoms with E-state index in [1.165, 1.54) is 11.8 Å². The van der Waals surface area contributed by atoms with Gasteiger partial charge >= 0.3 is 0 Å². The van der Waals surface area contributed by atoms with Gasteiger partial charge in [0.25, 0.3) is 0 Å². The fourth-order valence-corrected chi connectivity index (χ4v) is 0.754. The van der Waals surface area contributed by atoms with E-state index in [0.717, 1.165) is 25.7 Å². The van der Waals surface area contributed by atoms with Gasteiger partial charge < -0.3 is 28.0 Å². The van der Waals surface area contributed by atoms with E-state index in [0.29, 0.717) is 18.4 Å². The fourth-order valence-electron chi connectivity index (χ4n) is 0.648. The Morgan fingerprint density at radius 2 is 1.54 bits per heavy atom. The number of nitrogens with two attached hydrogens (primary N) is 5. The summed E-state index contributed by atoms with van der Waals surface area (Å²) < 4.78 is 0. The molecule has 11 N–H and O–H groups in total. The molecule has 24 heavy (non-hydrogen) atoms. The number of amidine groups is 1. The Hall–Kier alpha value is -0.410. The second kappa shape index (κ2) is 34.0. The van der Waals surface area contributed by atoms with E-state index in [4.69, 9.17) is 33.9 Å². The number of halogens is 2. The molecule has 0 heterocycles. The summed E-state index contributed by atoms with van der Waals surface area (Å²) in [6.07, 6.45) is 6.10. The summed E-state index contributed by atoms with van der Waals surface area (Å²) in [6, 6.07) is 0. The maximum Gasteiger partial charge on any atom is 0.234 e. The third-order valence-electron chi connectivity index (χ3n) is 1.87. The van der Waals surface area contributed by atoms with Crippen LogP contribution < -0.4 is 34.5 Å². The van der Waals surface area contributed by atoms with Crippen molar-refractivity contribution in [3.8, 4) is 0 Å². The lowest BCUT2D eigenvalue weighted by atomic mass is 10.4. The highest BCUT2D eigenvalue weighted by molar-refractivity contribution is 14.0. The van der Waals surface area contributed by atoms with Crippen LogP contribution in [0.3, 0.4) is 0 Å². The molecular weight excluding hydrogens is 471 g/mol. The Morgan fingerprint density at radius 3 is 1.79 bits per heavy atom. The summed E-state index contributed by atoms with van der Waals surface area (Å²) >= 11 is 1.33. The molecule has 0 atom stereocenters. The van der Waals surface area contributed by atoms with Crippen molar-refractivity contribution in [2.24, 2.45) is 39.3 Å². The lowest BCUT2D eigenvalue weighted by Gasteiger charge is -2.02. The van der Waals surface area contributed by atoms with Crippen molar-refractivity contribution in [2.75, 3.05) is 19.5 Å². The topological polar surface area (TPSA) is 185 Å². The smallest absolute Gasteiger partial charge is 0.234 e. The quantitative estimate of drug-likeness (QED) is 0.0726. The summed E-state index contributed by atoms with van der Waals surface area (Å²) in [6.45, 7) is 5.48. The lowest BCUT2D eigenvalue weighted by Crippen LogP contribution is -2.32. The van der Waals surface area contributed by atoms with E-state index in [9.17, 15) is 0 Å². The molecule has 0 bridgehead atoms. The molecule has 0 radical (unpaired) electrons. The van der Waals surface area contributed by atoms with Crippen LogP contribution >= 0.6 is 48.1 Å². The molecule has 13 heteroatoms. The van der Waals surface area contributed by atoms with E-state index < -0.39 is 0 Å². The summed E-state index contributed by atoms with van der Waals surface area (Å²) in [5.74, 6) is 14.3. The largest absolute Gasteiger partial charge is 0.377 e. The number of hydrogen-bond donors (Lipinski definition) is 6. The van der Waals surface area contributed by atoms with Gasteiger partial charge in [-0.25, -0.2) is 11.4 Å². The number of hydroxylamine groups is 1. The molecule has 0 spiro atoms. The van der Waals surface area contributed by atoms with E-state index in [2.05, 4.69) is 34.4 Å². The first kappa shape index (κ1) is 34.8. The van der Waals surface area contributed by atoms with Gasteiger partial charge in [-0.05, 0) is 19.1 Å². The van der Waals surface area contributed by atoms with E-state index in [-0.39, 0.29) is 42.3 Å². The van der Waals surface area contributed by atoms with Gasteiger partial charge in [0.15, 0.2) is 5.17 Å². The summed E-state index contributed by atoms with van der Waals surface area (Å²) in [5, 5.41) is 6.72. The van der Waals surface area contributed by atoms with Crippen molar-refractivity contribution >= 4 is 59.3 Å². The third-order valence-corrected chi connectivity index (χ3v) is 2.39. The maximum atomic E-state index is 5.14. The molecule has 0 aromatic carbocycles. The van der Waals surface area contributed by atoms with Crippen LogP contribution in [0.5, 0.6) is 0 Å². The normalized spacial score (nSPS) is 10.0. The first-order valence-electron chi connectivity index (χ1n) is 6.83. The van der Waals surface area contributed by atoms with Crippen molar-refractivity contribution in [2.45, 2.75) is 39.5 Å². The van der Waals surface area contributed by atoms with Crippen molar-refractivity contribution in [3.05, 3.63) is 0 Å². The Balaban J connectivity index is -0.0000000759. The van der Waals surface area contributed by atoms with Crippen LogP contribution in [-0.4, -0.2) is 30.6 Å². The molecule has 0 saturated carbocycles. The monoisotopic (exact) mass is 504 g/mol. The first-order chi connectivity index (χ1) is 10.5. The molecule has 0 fully saturated rings. The zero-order valence-corrected chi connectivity index (χ0v) is 18.5. The van der Waals surface area contributed by atoms with Crippen molar-refractivity contribution in [1.29, 1.82) is 0 Å². The maximum absolute atomic E-state index is 5.14. The van der Waals surface area contributed by atoms with Gasteiger partial charge in [0, 0.05) is 0 Å². The van der Waals surface area contributed by atoms with E-state index >= 15 is 0 Å². The second-order valence-corrected chi connectivity index (χ2v) is 4.54. The van der Waals surface area contributed by atoms with Gasteiger partial charge in [0.2, 0.25) is 5.96 Å². The highest BCUT2D eigenvalue weighted by atomic mass is 127. The number of rotatable bonds is 7. The lowest BCUT2D eigenvalue weighted by molar-refractivity contribution is 0.0816. The van der Waals surface area contributed by atoms with Gasteiger partial charge in [0.05, 0.1) is 13.2 Å². The summed E-state index contributed by atoms with van der Waals surface area (Å²) in [4.78, 5) is 9.12. The van der Waals surface area contributed by atoms with Crippen molar-refractivity contribution < 1.29 is 9.68 Å². The molecule has 0 aliphatic rings. The second-order valence-electron chi connectivity index (χ2n) is 3.71. The molecule has 0 unspecified atom stereocenters. The predicted octanol–water partition coefficient (Wildman–Crippen LogP) is 0.751. The molecule has 0 amide bonds. The number of hydrazone groups is 2. The Morgan fingerprint density at radius 1 is 1.04 bits per heavy atom. The minimum absolute atomic E-state index is 0. The molecule has 0 aliphatic heterocycles. The Labute approximate surface area is 172 Å². The molecule has 0 aromatic rings. The summed E-state index contributed by atoms with van der Waals surface area (Å²) in [7, 11) is 0. The number of nitrogens with zero attached hydrogens (tertiary/aromatic N) is 2. The first-order valence-corrected chi connectivity index (χ1v) is 8.06. The van der Waals surface area contributed by atoms with Crippen molar-refractivity contribution in [1.82, 2.24) is 5.48 Å². The van der Waals surface area contributed by atoms with Crippen LogP contribution in [0.1, 0.15) is 39.5 Å². The number of guanidine groups is 1. The minimum Gasteiger partial charge on any atom is -0.377 e. The van der Waals surface area contributed by atoms with Gasteiger partial charge in [-0.3, -0.25) is 4.84 Å². The van der Waals surface area contributed by atoms with Gasteiger partial charge in [-0.15, -0.1) is 41.5 Å². The molecular formula is C11H34ClIN8O2S. The zero-order valence-electron chi connectivity index (χ0n) is 14.6. The number of hydrogen-bond acceptors (Lipinski definition) is 8. The molecule has 0 saturated heterocycles. The van der Waals surface area contributed by atoms with Crippen LogP contribution in [0, 0.1) is 0 Å². The molecule has 0 aliphatic carbocycles. The highest BCUT2D eigenvalue weighted by Gasteiger charge is 1.87. The zero-order chi connectivity index (χ0) is 17.6. The number of nitrogens with one attached hydrogen (secondary N) is 1. The SMILES string of the molecule is CCCCON.CCCCONC(N)=NN.CSC(N)=NN.Cl.I. The molecule has 10 nitrogen and oxygen atoms in total. The van der Waals surface area contributed by atoms with Gasteiger partial charge in [-0.1, -0.05) is 38.5 Å². The molecule has 0 rings (SSSR count). The number of unbranched alkanes of at least 4 members (excludes halogenated alkanes) is 2. The minimum atomic E-state index is 0. The average Bonchev–Trinajstić information content (AvgIpc) is 2.56.